The number of piperidine rings is 2. The van der Waals surface area contributed by atoms with Crippen LogP contribution >= 0.6 is 0 Å². The lowest BCUT2D eigenvalue weighted by Crippen LogP contribution is -2.49. The molecule has 226 valence electrons. The molecule has 1 amide bonds. The summed E-state index contributed by atoms with van der Waals surface area (Å²) in [5.74, 6) is 0.828. The van der Waals surface area contributed by atoms with E-state index in [0.717, 1.165) is 50.0 Å². The topological polar surface area (TPSA) is 115 Å². The van der Waals surface area contributed by atoms with Gasteiger partial charge in [0.25, 0.3) is 15.9 Å². The second-order valence-electron chi connectivity index (χ2n) is 12.6. The standard InChI is InChI=1S/C33H39N5O4S/c1-23-35-28-9-5-6-10-29(28)38(23)27-21-25-11-12-26(22-27)37(25)20-17-33(24-7-3-2-4-8-24)15-18-36(19-16-33)32(39)30-13-14-31(42-30)43(34,40)41/h2-10,13-14,25-27H,11-12,15-22H2,1H3,(H2,34,40,41). The molecular weight excluding hydrogens is 562 g/mol. The molecule has 2 N–H and O–H groups in total. The Morgan fingerprint density at radius 2 is 1.63 bits per heavy atom. The quantitative estimate of drug-likeness (QED) is 0.318. The van der Waals surface area contributed by atoms with Gasteiger partial charge in [0.2, 0.25) is 5.09 Å². The predicted molar refractivity (Wildman–Crippen MR) is 164 cm³/mol. The highest BCUT2D eigenvalue weighted by molar-refractivity contribution is 7.89. The fourth-order valence-corrected chi connectivity index (χ4v) is 8.61. The zero-order valence-electron chi connectivity index (χ0n) is 24.6. The van der Waals surface area contributed by atoms with Crippen LogP contribution in [0.15, 0.2) is 76.2 Å². The predicted octanol–water partition coefficient (Wildman–Crippen LogP) is 5.02. The number of carbonyl (C=O) groups is 1. The van der Waals surface area contributed by atoms with Crippen molar-refractivity contribution in [2.75, 3.05) is 19.6 Å². The molecule has 5 heterocycles. The number of nitrogens with zero attached hydrogens (tertiary/aromatic N) is 4. The third-order valence-electron chi connectivity index (χ3n) is 10.3. The van der Waals surface area contributed by atoms with Crippen molar-refractivity contribution >= 4 is 27.0 Å². The Morgan fingerprint density at radius 1 is 0.953 bits per heavy atom. The summed E-state index contributed by atoms with van der Waals surface area (Å²) in [5, 5.41) is 4.79. The van der Waals surface area contributed by atoms with Crippen LogP contribution in [0.3, 0.4) is 0 Å². The van der Waals surface area contributed by atoms with Crippen molar-refractivity contribution in [2.45, 2.75) is 80.5 Å². The number of amides is 1. The van der Waals surface area contributed by atoms with Gasteiger partial charge in [0.15, 0.2) is 5.76 Å². The molecule has 0 aliphatic carbocycles. The minimum atomic E-state index is -4.00. The summed E-state index contributed by atoms with van der Waals surface area (Å²) >= 11 is 0. The molecule has 10 heteroatoms. The lowest BCUT2D eigenvalue weighted by molar-refractivity contribution is 0.0575. The molecule has 3 saturated heterocycles. The molecule has 2 unspecified atom stereocenters. The van der Waals surface area contributed by atoms with Crippen LogP contribution in [0.25, 0.3) is 11.0 Å². The Bertz CT molecular complexity index is 1720. The molecule has 0 spiro atoms. The first-order chi connectivity index (χ1) is 20.7. The Kier molecular flexibility index (Phi) is 7.18. The van der Waals surface area contributed by atoms with Gasteiger partial charge in [-0.1, -0.05) is 42.5 Å². The van der Waals surface area contributed by atoms with Crippen LogP contribution in [-0.4, -0.2) is 65.4 Å². The molecule has 2 bridgehead atoms. The highest BCUT2D eigenvalue weighted by Gasteiger charge is 2.44. The number of carbonyl (C=O) groups excluding carboxylic acids is 1. The van der Waals surface area contributed by atoms with Gasteiger partial charge in [-0.3, -0.25) is 9.69 Å². The largest absolute Gasteiger partial charge is 0.438 e. The van der Waals surface area contributed by atoms with Gasteiger partial charge in [0, 0.05) is 31.2 Å². The molecule has 3 aliphatic heterocycles. The molecule has 2 atom stereocenters. The molecule has 0 saturated carbocycles. The van der Waals surface area contributed by atoms with Crippen molar-refractivity contribution in [3.8, 4) is 0 Å². The zero-order valence-corrected chi connectivity index (χ0v) is 25.4. The molecule has 4 aromatic rings. The summed E-state index contributed by atoms with van der Waals surface area (Å²) in [6.45, 7) is 4.35. The monoisotopic (exact) mass is 601 g/mol. The molecule has 3 fully saturated rings. The number of fused-ring (bicyclic) bond motifs is 3. The van der Waals surface area contributed by atoms with Crippen LogP contribution in [0.5, 0.6) is 0 Å². The van der Waals surface area contributed by atoms with Gasteiger partial charge < -0.3 is 13.9 Å². The Hall–Kier alpha value is -3.47. The lowest BCUT2D eigenvalue weighted by Gasteiger charge is -2.45. The van der Waals surface area contributed by atoms with E-state index < -0.39 is 10.0 Å². The smallest absolute Gasteiger partial charge is 0.289 e. The number of furan rings is 1. The third-order valence-corrected chi connectivity index (χ3v) is 11.1. The van der Waals surface area contributed by atoms with Gasteiger partial charge in [-0.15, -0.1) is 0 Å². The van der Waals surface area contributed by atoms with Crippen LogP contribution in [0.4, 0.5) is 0 Å². The molecular formula is C33H39N5O4S. The minimum absolute atomic E-state index is 0.0107. The van der Waals surface area contributed by atoms with Gasteiger partial charge >= 0.3 is 0 Å². The first-order valence-electron chi connectivity index (χ1n) is 15.4. The van der Waals surface area contributed by atoms with Crippen molar-refractivity contribution < 1.29 is 17.6 Å². The lowest BCUT2D eigenvalue weighted by atomic mass is 9.70. The average Bonchev–Trinajstić information content (AvgIpc) is 3.70. The zero-order chi connectivity index (χ0) is 29.8. The van der Waals surface area contributed by atoms with E-state index in [1.165, 1.54) is 36.1 Å². The average molecular weight is 602 g/mol. The van der Waals surface area contributed by atoms with E-state index in [2.05, 4.69) is 71.0 Å². The summed E-state index contributed by atoms with van der Waals surface area (Å²) in [5.41, 5.74) is 3.64. The first kappa shape index (κ1) is 28.3. The van der Waals surface area contributed by atoms with E-state index in [1.54, 1.807) is 4.90 Å². The normalized spacial score (nSPS) is 24.0. The number of aryl methyl sites for hydroxylation is 1. The summed E-state index contributed by atoms with van der Waals surface area (Å²) in [6, 6.07) is 23.5. The Morgan fingerprint density at radius 3 is 2.30 bits per heavy atom. The Balaban J connectivity index is 1.05. The van der Waals surface area contributed by atoms with Crippen molar-refractivity contribution in [1.29, 1.82) is 0 Å². The molecule has 0 radical (unpaired) electrons. The van der Waals surface area contributed by atoms with Crippen molar-refractivity contribution in [3.63, 3.8) is 0 Å². The maximum absolute atomic E-state index is 13.2. The van der Waals surface area contributed by atoms with Crippen LogP contribution in [0.1, 0.15) is 72.9 Å². The number of primary sulfonamides is 1. The van der Waals surface area contributed by atoms with Crippen LogP contribution < -0.4 is 5.14 Å². The van der Waals surface area contributed by atoms with E-state index in [-0.39, 0.29) is 22.2 Å². The van der Waals surface area contributed by atoms with E-state index in [9.17, 15) is 13.2 Å². The van der Waals surface area contributed by atoms with Gasteiger partial charge in [0.1, 0.15) is 5.82 Å². The number of aromatic nitrogens is 2. The van der Waals surface area contributed by atoms with Crippen LogP contribution in [-0.2, 0) is 15.4 Å². The Labute approximate surface area is 252 Å². The number of hydrogen-bond donors (Lipinski definition) is 1. The molecule has 3 aliphatic rings. The van der Waals surface area contributed by atoms with Crippen molar-refractivity contribution in [3.05, 3.63) is 83.9 Å². The maximum Gasteiger partial charge on any atom is 0.289 e. The number of imidazole rings is 1. The van der Waals surface area contributed by atoms with E-state index in [1.807, 2.05) is 0 Å². The number of para-hydroxylation sites is 2. The second kappa shape index (κ2) is 10.9. The number of nitrogens with two attached hydrogens (primary N) is 1. The van der Waals surface area contributed by atoms with Crippen molar-refractivity contribution in [2.24, 2.45) is 5.14 Å². The number of benzene rings is 2. The minimum Gasteiger partial charge on any atom is -0.438 e. The molecule has 9 nitrogen and oxygen atoms in total. The summed E-state index contributed by atoms with van der Waals surface area (Å²) in [7, 11) is -4.00. The fraction of sp³-hybridized carbons (Fsp3) is 0.455. The summed E-state index contributed by atoms with van der Waals surface area (Å²) in [6.07, 6.45) is 7.53. The molecule has 2 aromatic heterocycles. The van der Waals surface area contributed by atoms with Crippen LogP contribution in [0, 0.1) is 6.92 Å². The molecule has 7 rings (SSSR count). The third kappa shape index (κ3) is 5.19. The van der Waals surface area contributed by atoms with Crippen LogP contribution in [0.2, 0.25) is 0 Å². The number of sulfonamides is 1. The highest BCUT2D eigenvalue weighted by Crippen LogP contribution is 2.45. The second-order valence-corrected chi connectivity index (χ2v) is 14.1. The van der Waals surface area contributed by atoms with Gasteiger partial charge in [0.05, 0.1) is 11.0 Å². The summed E-state index contributed by atoms with van der Waals surface area (Å²) in [4.78, 5) is 22.6. The first-order valence-corrected chi connectivity index (χ1v) is 16.9. The number of likely N-dealkylation sites (tertiary alicyclic amines) is 1. The van der Waals surface area contributed by atoms with E-state index >= 15 is 0 Å². The van der Waals surface area contributed by atoms with Gasteiger partial charge in [-0.25, -0.2) is 18.5 Å². The number of rotatable bonds is 7. The fourth-order valence-electron chi connectivity index (χ4n) is 8.15. The highest BCUT2D eigenvalue weighted by atomic mass is 32.2. The SMILES string of the molecule is Cc1nc2ccccc2n1C1CC2CCC(C1)N2CCC1(c2ccccc2)CCN(C(=O)c2ccc(S(N)(=O)=O)o2)CC1. The molecule has 2 aromatic carbocycles. The van der Waals surface area contributed by atoms with Crippen molar-refractivity contribution in [1.82, 2.24) is 19.4 Å². The summed E-state index contributed by atoms with van der Waals surface area (Å²) < 4.78 is 31.1. The van der Waals surface area contributed by atoms with Gasteiger partial charge in [-0.05, 0) is 93.7 Å². The van der Waals surface area contributed by atoms with E-state index in [4.69, 9.17) is 14.5 Å². The van der Waals surface area contributed by atoms with E-state index in [0.29, 0.717) is 31.2 Å². The molecule has 43 heavy (non-hydrogen) atoms. The maximum atomic E-state index is 13.2. The number of hydrogen-bond acceptors (Lipinski definition) is 6. The van der Waals surface area contributed by atoms with Gasteiger partial charge in [-0.2, -0.15) is 0 Å².